The van der Waals surface area contributed by atoms with Gasteiger partial charge in [-0.1, -0.05) is 53.5 Å². The van der Waals surface area contributed by atoms with Gasteiger partial charge in [0.2, 0.25) is 0 Å². The molecule has 5 heteroatoms. The molecule has 0 spiro atoms. The Bertz CT molecular complexity index is 468. The van der Waals surface area contributed by atoms with E-state index >= 15 is 0 Å². The van der Waals surface area contributed by atoms with Crippen molar-refractivity contribution in [3.05, 3.63) is 74.8 Å². The summed E-state index contributed by atoms with van der Waals surface area (Å²) >= 11 is 11.2. The number of nitro benzene ring substituents is 1. The van der Waals surface area contributed by atoms with Gasteiger partial charge >= 0.3 is 0 Å². The van der Waals surface area contributed by atoms with Crippen molar-refractivity contribution in [1.82, 2.24) is 0 Å². The van der Waals surface area contributed by atoms with Gasteiger partial charge < -0.3 is 0 Å². The molecule has 0 aromatic heterocycles. The summed E-state index contributed by atoms with van der Waals surface area (Å²) in [6.45, 7) is 0. The highest BCUT2D eigenvalue weighted by atomic mass is 35.5. The minimum Gasteiger partial charge on any atom is -0.258 e. The quantitative estimate of drug-likeness (QED) is 0.562. The third-order valence-corrected chi connectivity index (χ3v) is 2.55. The van der Waals surface area contributed by atoms with E-state index in [2.05, 4.69) is 0 Å². The Hall–Kier alpha value is -1.58. The highest BCUT2D eigenvalue weighted by Gasteiger charge is 1.98. The highest BCUT2D eigenvalue weighted by Crippen LogP contribution is 2.19. The Balaban J connectivity index is 0.000000171. The lowest BCUT2D eigenvalue weighted by Gasteiger charge is -1.88. The number of para-hydroxylation sites is 1. The van der Waals surface area contributed by atoms with E-state index in [1.54, 1.807) is 30.3 Å². The first-order chi connectivity index (χ1) is 8.11. The van der Waals surface area contributed by atoms with Crippen molar-refractivity contribution < 1.29 is 4.92 Å². The molecule has 2 aromatic carbocycles. The molecule has 0 radical (unpaired) electrons. The molecule has 0 saturated heterocycles. The van der Waals surface area contributed by atoms with Crippen LogP contribution in [0.25, 0.3) is 0 Å². The Morgan fingerprint density at radius 1 is 0.824 bits per heavy atom. The standard InChI is InChI=1S/C6H4Cl2.C6H5NO2/c7-5-3-1-2-4-6(5)8;8-7(9)6-4-2-1-3-5-6/h1-4H;1-5H. The van der Waals surface area contributed by atoms with E-state index in [0.717, 1.165) is 0 Å². The molecule has 0 fully saturated rings. The SMILES string of the molecule is Clc1ccccc1Cl.O=[N+]([O-])c1ccccc1. The van der Waals surface area contributed by atoms with Crippen molar-refractivity contribution >= 4 is 28.9 Å². The second kappa shape index (κ2) is 6.89. The van der Waals surface area contributed by atoms with Gasteiger partial charge in [-0.05, 0) is 12.1 Å². The third kappa shape index (κ3) is 4.85. The van der Waals surface area contributed by atoms with Crippen LogP contribution >= 0.6 is 23.2 Å². The molecule has 0 aliphatic carbocycles. The summed E-state index contributed by atoms with van der Waals surface area (Å²) in [5, 5.41) is 11.2. The van der Waals surface area contributed by atoms with Crippen molar-refractivity contribution in [3.63, 3.8) is 0 Å². The smallest absolute Gasteiger partial charge is 0.258 e. The van der Waals surface area contributed by atoms with Crippen molar-refractivity contribution in [2.75, 3.05) is 0 Å². The predicted molar refractivity (Wildman–Crippen MR) is 69.6 cm³/mol. The van der Waals surface area contributed by atoms with E-state index in [9.17, 15) is 10.1 Å². The summed E-state index contributed by atoms with van der Waals surface area (Å²) in [6.07, 6.45) is 0. The molecule has 3 nitrogen and oxygen atoms in total. The van der Waals surface area contributed by atoms with Gasteiger partial charge in [0.05, 0.1) is 15.0 Å². The molecule has 0 amide bonds. The molecule has 0 unspecified atom stereocenters. The van der Waals surface area contributed by atoms with Crippen LogP contribution in [0.1, 0.15) is 0 Å². The van der Waals surface area contributed by atoms with Crippen LogP contribution in [0.4, 0.5) is 5.69 Å². The summed E-state index contributed by atoms with van der Waals surface area (Å²) in [4.78, 5) is 9.59. The molecule has 88 valence electrons. The second-order valence-electron chi connectivity index (χ2n) is 3.01. The molecule has 0 heterocycles. The maximum Gasteiger partial charge on any atom is 0.269 e. The van der Waals surface area contributed by atoms with Gasteiger partial charge in [-0.3, -0.25) is 10.1 Å². The lowest BCUT2D eigenvalue weighted by atomic mass is 10.3. The van der Waals surface area contributed by atoms with Gasteiger partial charge in [0.25, 0.3) is 5.69 Å². The Labute approximate surface area is 109 Å². The maximum atomic E-state index is 10.0. The van der Waals surface area contributed by atoms with Crippen molar-refractivity contribution in [3.8, 4) is 0 Å². The highest BCUT2D eigenvalue weighted by molar-refractivity contribution is 6.41. The Morgan fingerprint density at radius 3 is 1.53 bits per heavy atom. The molecular weight excluding hydrogens is 261 g/mol. The van der Waals surface area contributed by atoms with Gasteiger partial charge in [0.1, 0.15) is 0 Å². The zero-order valence-electron chi connectivity index (χ0n) is 8.72. The number of hydrogen-bond acceptors (Lipinski definition) is 2. The Morgan fingerprint density at radius 2 is 1.24 bits per heavy atom. The fraction of sp³-hybridized carbons (Fsp3) is 0. The number of non-ortho nitro benzene ring substituents is 1. The fourth-order valence-corrected chi connectivity index (χ4v) is 1.26. The maximum absolute atomic E-state index is 10.0. The molecule has 0 saturated carbocycles. The molecule has 0 aliphatic heterocycles. The largest absolute Gasteiger partial charge is 0.269 e. The summed E-state index contributed by atoms with van der Waals surface area (Å²) in [7, 11) is 0. The monoisotopic (exact) mass is 269 g/mol. The topological polar surface area (TPSA) is 43.1 Å². The van der Waals surface area contributed by atoms with E-state index in [0.29, 0.717) is 10.0 Å². The van der Waals surface area contributed by atoms with Gasteiger partial charge in [-0.2, -0.15) is 0 Å². The molecular formula is C12H9Cl2NO2. The van der Waals surface area contributed by atoms with Gasteiger partial charge in [0.15, 0.2) is 0 Å². The van der Waals surface area contributed by atoms with Gasteiger partial charge in [-0.15, -0.1) is 0 Å². The van der Waals surface area contributed by atoms with E-state index in [1.165, 1.54) is 12.1 Å². The van der Waals surface area contributed by atoms with Gasteiger partial charge in [-0.25, -0.2) is 0 Å². The first kappa shape index (κ1) is 13.5. The normalized spacial score (nSPS) is 9.06. The molecule has 0 atom stereocenters. The first-order valence-electron chi connectivity index (χ1n) is 4.70. The van der Waals surface area contributed by atoms with Gasteiger partial charge in [0, 0.05) is 12.1 Å². The average molecular weight is 270 g/mol. The van der Waals surface area contributed by atoms with Crippen molar-refractivity contribution in [1.29, 1.82) is 0 Å². The van der Waals surface area contributed by atoms with Crippen molar-refractivity contribution in [2.45, 2.75) is 0 Å². The van der Waals surface area contributed by atoms with Crippen LogP contribution in [-0.4, -0.2) is 4.92 Å². The number of nitro groups is 1. The van der Waals surface area contributed by atoms with Crippen LogP contribution in [0.5, 0.6) is 0 Å². The number of hydrogen-bond donors (Lipinski definition) is 0. The minimum absolute atomic E-state index is 0.137. The van der Waals surface area contributed by atoms with Crippen LogP contribution < -0.4 is 0 Å². The van der Waals surface area contributed by atoms with E-state index in [4.69, 9.17) is 23.2 Å². The van der Waals surface area contributed by atoms with E-state index in [-0.39, 0.29) is 5.69 Å². The molecule has 2 rings (SSSR count). The summed E-state index contributed by atoms with van der Waals surface area (Å²) < 4.78 is 0. The van der Waals surface area contributed by atoms with Crippen LogP contribution in [0.3, 0.4) is 0 Å². The Kier molecular flexibility index (Phi) is 5.46. The van der Waals surface area contributed by atoms with Crippen LogP contribution in [0, 0.1) is 10.1 Å². The van der Waals surface area contributed by atoms with Crippen LogP contribution in [0.2, 0.25) is 10.0 Å². The molecule has 17 heavy (non-hydrogen) atoms. The second-order valence-corrected chi connectivity index (χ2v) is 3.82. The number of rotatable bonds is 1. The van der Waals surface area contributed by atoms with Crippen molar-refractivity contribution in [2.24, 2.45) is 0 Å². The van der Waals surface area contributed by atoms with Crippen LogP contribution in [-0.2, 0) is 0 Å². The van der Waals surface area contributed by atoms with E-state index < -0.39 is 4.92 Å². The fourth-order valence-electron chi connectivity index (χ4n) is 0.989. The molecule has 2 aromatic rings. The first-order valence-corrected chi connectivity index (χ1v) is 5.46. The third-order valence-electron chi connectivity index (χ3n) is 1.79. The zero-order chi connectivity index (χ0) is 12.7. The zero-order valence-corrected chi connectivity index (χ0v) is 10.2. The molecule has 0 bridgehead atoms. The minimum atomic E-state index is -0.417. The summed E-state index contributed by atoms with van der Waals surface area (Å²) in [5.41, 5.74) is 0.137. The predicted octanol–water partition coefficient (Wildman–Crippen LogP) is 4.59. The van der Waals surface area contributed by atoms with Crippen LogP contribution in [0.15, 0.2) is 54.6 Å². The lowest BCUT2D eigenvalue weighted by Crippen LogP contribution is -1.84. The number of benzene rings is 2. The van der Waals surface area contributed by atoms with E-state index in [1.807, 2.05) is 12.1 Å². The molecule has 0 N–H and O–H groups in total. The molecule has 0 aliphatic rings. The number of halogens is 2. The number of nitrogens with zero attached hydrogens (tertiary/aromatic N) is 1. The summed E-state index contributed by atoms with van der Waals surface area (Å²) in [5.74, 6) is 0. The lowest BCUT2D eigenvalue weighted by molar-refractivity contribution is -0.384. The summed E-state index contributed by atoms with van der Waals surface area (Å²) in [6, 6.07) is 15.1. The average Bonchev–Trinajstić information content (AvgIpc) is 2.35.